The van der Waals surface area contributed by atoms with Gasteiger partial charge in [-0.05, 0) is 65.1 Å². The molecule has 5 heteroatoms. The van der Waals surface area contributed by atoms with Gasteiger partial charge in [0.25, 0.3) is 0 Å². The third kappa shape index (κ3) is 8.94. The molecule has 4 nitrogen and oxygen atoms in total. The molecule has 1 aromatic carbocycles. The van der Waals surface area contributed by atoms with Gasteiger partial charge in [0.1, 0.15) is 0 Å². The van der Waals surface area contributed by atoms with Gasteiger partial charge in [-0.15, -0.1) is 6.58 Å². The molecule has 26 heavy (non-hydrogen) atoms. The summed E-state index contributed by atoms with van der Waals surface area (Å²) in [5.74, 6) is 0.0438. The molecule has 0 fully saturated rings. The molecule has 0 spiro atoms. The number of carbonyl (C=O) groups is 2. The summed E-state index contributed by atoms with van der Waals surface area (Å²) in [5, 5.41) is 3.31. The number of nitrogens with one attached hydrogen (secondary N) is 1. The number of amides is 1. The molecule has 1 atom stereocenters. The molecule has 0 radical (unpaired) electrons. The molecule has 1 N–H and O–H groups in total. The van der Waals surface area contributed by atoms with Crippen LogP contribution in [0.25, 0.3) is 0 Å². The van der Waals surface area contributed by atoms with E-state index in [0.29, 0.717) is 19.4 Å². The Bertz CT molecular complexity index is 605. The maximum Gasteiger partial charge on any atom is 0.240 e. The normalized spacial score (nSPS) is 12.5. The molecule has 0 bridgehead atoms. The van der Waals surface area contributed by atoms with E-state index in [4.69, 9.17) is 0 Å². The number of carbonyl (C=O) groups excluding carboxylic acids is 2. The summed E-state index contributed by atoms with van der Waals surface area (Å²) < 4.78 is 1.17. The summed E-state index contributed by atoms with van der Waals surface area (Å²) >= 11 is 2.27. The molecule has 144 valence electrons. The van der Waals surface area contributed by atoms with Crippen molar-refractivity contribution in [2.45, 2.75) is 46.1 Å². The molecular weight excluding hydrogens is 439 g/mol. The topological polar surface area (TPSA) is 49.4 Å². The van der Waals surface area contributed by atoms with Crippen LogP contribution in [0.5, 0.6) is 0 Å². The average molecular weight is 470 g/mol. The largest absolute Gasteiger partial charge is 0.337 e. The summed E-state index contributed by atoms with van der Waals surface area (Å²) in [5.41, 5.74) is 1.04. The highest BCUT2D eigenvalue weighted by molar-refractivity contribution is 14.1. The highest BCUT2D eigenvalue weighted by Gasteiger charge is 2.24. The van der Waals surface area contributed by atoms with Crippen LogP contribution in [0.1, 0.15) is 39.2 Å². The van der Waals surface area contributed by atoms with Gasteiger partial charge in [-0.3, -0.25) is 9.59 Å². The first-order valence-electron chi connectivity index (χ1n) is 8.98. The number of rotatable bonds is 10. The quantitative estimate of drug-likeness (QED) is 0.321. The number of benzene rings is 1. The van der Waals surface area contributed by atoms with Crippen LogP contribution in [0.3, 0.4) is 0 Å². The third-order valence-electron chi connectivity index (χ3n) is 3.91. The minimum atomic E-state index is -0.345. The predicted molar refractivity (Wildman–Crippen MR) is 116 cm³/mol. The van der Waals surface area contributed by atoms with Crippen LogP contribution in [0.2, 0.25) is 0 Å². The maximum absolute atomic E-state index is 12.9. The van der Waals surface area contributed by atoms with Gasteiger partial charge in [0.15, 0.2) is 5.78 Å². The molecule has 0 saturated heterocycles. The SMILES string of the molecule is C=CCCN[C@@H](Cc1ccc(I)cc1)C(=O)N(C)CC(=O)CC(C)(C)C. The fourth-order valence-corrected chi connectivity index (χ4v) is 3.08. The Morgan fingerprint density at radius 1 is 1.27 bits per heavy atom. The molecule has 0 aromatic heterocycles. The van der Waals surface area contributed by atoms with Crippen LogP contribution >= 0.6 is 22.6 Å². The van der Waals surface area contributed by atoms with Crippen molar-refractivity contribution in [3.8, 4) is 0 Å². The van der Waals surface area contributed by atoms with Gasteiger partial charge >= 0.3 is 0 Å². The van der Waals surface area contributed by atoms with Crippen molar-refractivity contribution in [3.63, 3.8) is 0 Å². The summed E-state index contributed by atoms with van der Waals surface area (Å²) in [6, 6.07) is 7.82. The first-order valence-corrected chi connectivity index (χ1v) is 10.1. The number of hydrogen-bond donors (Lipinski definition) is 1. The fraction of sp³-hybridized carbons (Fsp3) is 0.524. The van der Waals surface area contributed by atoms with Gasteiger partial charge in [0, 0.05) is 17.0 Å². The van der Waals surface area contributed by atoms with E-state index in [1.165, 1.54) is 3.57 Å². The summed E-state index contributed by atoms with van der Waals surface area (Å²) in [7, 11) is 1.71. The van der Waals surface area contributed by atoms with Crippen LogP contribution < -0.4 is 5.32 Å². The van der Waals surface area contributed by atoms with Crippen molar-refractivity contribution in [3.05, 3.63) is 46.1 Å². The number of likely N-dealkylation sites (N-methyl/N-ethyl adjacent to an activating group) is 1. The van der Waals surface area contributed by atoms with Gasteiger partial charge in [0.05, 0.1) is 12.6 Å². The van der Waals surface area contributed by atoms with Crippen molar-refractivity contribution < 1.29 is 9.59 Å². The molecule has 1 amide bonds. The van der Waals surface area contributed by atoms with E-state index in [1.54, 1.807) is 11.9 Å². The smallest absolute Gasteiger partial charge is 0.240 e. The number of nitrogens with zero attached hydrogens (tertiary/aromatic N) is 1. The second-order valence-corrected chi connectivity index (χ2v) is 9.13. The molecule has 0 saturated carbocycles. The van der Waals surface area contributed by atoms with Gasteiger partial charge in [-0.1, -0.05) is 39.0 Å². The zero-order valence-corrected chi connectivity index (χ0v) is 18.5. The average Bonchev–Trinajstić information content (AvgIpc) is 2.53. The van der Waals surface area contributed by atoms with Gasteiger partial charge in [0.2, 0.25) is 5.91 Å². The highest BCUT2D eigenvalue weighted by atomic mass is 127. The number of hydrogen-bond acceptors (Lipinski definition) is 3. The lowest BCUT2D eigenvalue weighted by Gasteiger charge is -2.25. The minimum Gasteiger partial charge on any atom is -0.337 e. The van der Waals surface area contributed by atoms with E-state index >= 15 is 0 Å². The summed E-state index contributed by atoms with van der Waals surface area (Å²) in [4.78, 5) is 26.7. The van der Waals surface area contributed by atoms with Gasteiger partial charge in [-0.25, -0.2) is 0 Å². The van der Waals surface area contributed by atoms with Crippen molar-refractivity contribution in [2.75, 3.05) is 20.1 Å². The first kappa shape index (κ1) is 22.8. The van der Waals surface area contributed by atoms with Crippen LogP contribution in [0.4, 0.5) is 0 Å². The number of ketones is 1. The highest BCUT2D eigenvalue weighted by Crippen LogP contribution is 2.19. The molecule has 0 unspecified atom stereocenters. The molecule has 1 aromatic rings. The van der Waals surface area contributed by atoms with E-state index < -0.39 is 0 Å². The van der Waals surface area contributed by atoms with Crippen LogP contribution in [-0.2, 0) is 16.0 Å². The molecular formula is C21H31IN2O2. The van der Waals surface area contributed by atoms with Gasteiger partial charge < -0.3 is 10.2 Å². The number of halogens is 1. The summed E-state index contributed by atoms with van der Waals surface area (Å²) in [6.45, 7) is 10.7. The first-order chi connectivity index (χ1) is 12.1. The Hall–Kier alpha value is -1.21. The Balaban J connectivity index is 2.76. The van der Waals surface area contributed by atoms with E-state index in [-0.39, 0.29) is 29.7 Å². The van der Waals surface area contributed by atoms with Crippen molar-refractivity contribution in [1.82, 2.24) is 10.2 Å². The Labute approximate surface area is 171 Å². The number of Topliss-reactive ketones (excluding diaryl/α,β-unsaturated/α-hetero) is 1. The second-order valence-electron chi connectivity index (χ2n) is 7.89. The summed E-state index contributed by atoms with van der Waals surface area (Å²) in [6.07, 6.45) is 3.69. The Kier molecular flexibility index (Phi) is 9.50. The van der Waals surface area contributed by atoms with Gasteiger partial charge in [-0.2, -0.15) is 0 Å². The monoisotopic (exact) mass is 470 g/mol. The lowest BCUT2D eigenvalue weighted by Crippen LogP contribution is -2.48. The molecule has 0 aliphatic carbocycles. The Morgan fingerprint density at radius 3 is 2.42 bits per heavy atom. The molecule has 0 aliphatic heterocycles. The predicted octanol–water partition coefficient (Wildman–Crippen LogP) is 3.83. The van der Waals surface area contributed by atoms with E-state index in [2.05, 4.69) is 34.5 Å². The Morgan fingerprint density at radius 2 is 1.88 bits per heavy atom. The lowest BCUT2D eigenvalue weighted by atomic mass is 9.90. The molecule has 1 rings (SSSR count). The zero-order chi connectivity index (χ0) is 19.7. The van der Waals surface area contributed by atoms with E-state index in [1.807, 2.05) is 51.1 Å². The van der Waals surface area contributed by atoms with E-state index in [9.17, 15) is 9.59 Å². The van der Waals surface area contributed by atoms with Crippen molar-refractivity contribution in [1.29, 1.82) is 0 Å². The van der Waals surface area contributed by atoms with Crippen molar-refractivity contribution in [2.24, 2.45) is 5.41 Å². The molecule has 0 aliphatic rings. The fourth-order valence-electron chi connectivity index (χ4n) is 2.72. The lowest BCUT2D eigenvalue weighted by molar-refractivity contribution is -0.136. The van der Waals surface area contributed by atoms with Crippen LogP contribution in [-0.4, -0.2) is 42.8 Å². The zero-order valence-electron chi connectivity index (χ0n) is 16.3. The van der Waals surface area contributed by atoms with Crippen molar-refractivity contribution >= 4 is 34.3 Å². The standard InChI is InChI=1S/C21H31IN2O2/c1-6-7-12-23-19(13-16-8-10-17(22)11-9-16)20(26)24(5)15-18(25)14-21(2,3)4/h6,8-11,19,23H,1,7,12-15H2,2-5H3/t19-/m0/s1. The van der Waals surface area contributed by atoms with E-state index in [0.717, 1.165) is 12.0 Å². The maximum atomic E-state index is 12.9. The minimum absolute atomic E-state index is 0.0464. The van der Waals surface area contributed by atoms with Crippen LogP contribution in [0, 0.1) is 8.99 Å². The third-order valence-corrected chi connectivity index (χ3v) is 4.63. The second kappa shape index (κ2) is 10.8. The van der Waals surface area contributed by atoms with Crippen LogP contribution in [0.15, 0.2) is 36.9 Å². The molecule has 0 heterocycles.